The van der Waals surface area contributed by atoms with Crippen molar-refractivity contribution in [3.05, 3.63) is 34.6 Å². The summed E-state index contributed by atoms with van der Waals surface area (Å²) >= 11 is 5.99. The molecule has 1 saturated heterocycles. The van der Waals surface area contributed by atoms with Gasteiger partial charge in [0.2, 0.25) is 0 Å². The molecule has 1 aromatic carbocycles. The summed E-state index contributed by atoms with van der Waals surface area (Å²) in [6.45, 7) is 1.09. The standard InChI is InChI=1S/C13H15ClFNO2/c1-18-13(17)12-6-3-7-16(12)8-9-10(14)4-2-5-11(9)15/h2,4-5,12H,3,6-8H2,1H3/t12-/m1/s1. The van der Waals surface area contributed by atoms with Gasteiger partial charge in [-0.25, -0.2) is 4.39 Å². The second-order valence-corrected chi connectivity index (χ2v) is 4.76. The van der Waals surface area contributed by atoms with Crippen molar-refractivity contribution in [1.82, 2.24) is 4.90 Å². The number of ether oxygens (including phenoxy) is 1. The first-order chi connectivity index (χ1) is 8.63. The molecule has 1 heterocycles. The zero-order valence-electron chi connectivity index (χ0n) is 10.2. The Hall–Kier alpha value is -1.13. The number of hydrogen-bond donors (Lipinski definition) is 0. The Morgan fingerprint density at radius 2 is 2.39 bits per heavy atom. The second kappa shape index (κ2) is 5.67. The van der Waals surface area contributed by atoms with Crippen LogP contribution < -0.4 is 0 Å². The Bertz CT molecular complexity index is 432. The lowest BCUT2D eigenvalue weighted by Crippen LogP contribution is -2.36. The molecular weight excluding hydrogens is 257 g/mol. The molecule has 0 aromatic heterocycles. The summed E-state index contributed by atoms with van der Waals surface area (Å²) in [5.41, 5.74) is 0.440. The molecule has 1 atom stereocenters. The molecule has 5 heteroatoms. The highest BCUT2D eigenvalue weighted by molar-refractivity contribution is 6.31. The molecule has 98 valence electrons. The summed E-state index contributed by atoms with van der Waals surface area (Å²) in [4.78, 5) is 13.5. The molecule has 0 amide bonds. The SMILES string of the molecule is COC(=O)[C@H]1CCCN1Cc1c(F)cccc1Cl. The molecule has 0 spiro atoms. The van der Waals surface area contributed by atoms with Crippen molar-refractivity contribution in [3.63, 3.8) is 0 Å². The fraction of sp³-hybridized carbons (Fsp3) is 0.462. The number of methoxy groups -OCH3 is 1. The smallest absolute Gasteiger partial charge is 0.323 e. The van der Waals surface area contributed by atoms with Crippen LogP contribution in [0.5, 0.6) is 0 Å². The van der Waals surface area contributed by atoms with Gasteiger partial charge in [-0.3, -0.25) is 9.69 Å². The number of esters is 1. The number of carbonyl (C=O) groups is 1. The van der Waals surface area contributed by atoms with Gasteiger partial charge in [-0.1, -0.05) is 17.7 Å². The van der Waals surface area contributed by atoms with Crippen LogP contribution in [0.2, 0.25) is 5.02 Å². The molecule has 18 heavy (non-hydrogen) atoms. The Morgan fingerprint density at radius 1 is 1.61 bits per heavy atom. The van der Waals surface area contributed by atoms with Crippen molar-refractivity contribution in [3.8, 4) is 0 Å². The van der Waals surface area contributed by atoms with Crippen molar-refractivity contribution in [2.45, 2.75) is 25.4 Å². The number of benzene rings is 1. The summed E-state index contributed by atoms with van der Waals surface area (Å²) in [5.74, 6) is -0.599. The fourth-order valence-electron chi connectivity index (χ4n) is 2.30. The highest BCUT2D eigenvalue weighted by atomic mass is 35.5. The predicted molar refractivity (Wildman–Crippen MR) is 66.9 cm³/mol. The molecule has 0 aliphatic carbocycles. The minimum absolute atomic E-state index is 0.264. The highest BCUT2D eigenvalue weighted by Gasteiger charge is 2.32. The Morgan fingerprint density at radius 3 is 3.06 bits per heavy atom. The first-order valence-corrected chi connectivity index (χ1v) is 6.26. The lowest BCUT2D eigenvalue weighted by Gasteiger charge is -2.22. The Balaban J connectivity index is 2.16. The van der Waals surface area contributed by atoms with Gasteiger partial charge in [0.15, 0.2) is 0 Å². The average molecular weight is 272 g/mol. The normalized spacial score (nSPS) is 20.1. The topological polar surface area (TPSA) is 29.5 Å². The van der Waals surface area contributed by atoms with Crippen molar-refractivity contribution in [2.24, 2.45) is 0 Å². The van der Waals surface area contributed by atoms with Gasteiger partial charge in [-0.2, -0.15) is 0 Å². The van der Waals surface area contributed by atoms with E-state index in [1.54, 1.807) is 12.1 Å². The van der Waals surface area contributed by atoms with Crippen molar-refractivity contribution in [1.29, 1.82) is 0 Å². The molecule has 0 saturated carbocycles. The molecule has 0 unspecified atom stereocenters. The third-order valence-corrected chi connectivity index (χ3v) is 3.61. The van der Waals surface area contributed by atoms with Gasteiger partial charge >= 0.3 is 5.97 Å². The van der Waals surface area contributed by atoms with E-state index in [-0.39, 0.29) is 17.8 Å². The van der Waals surface area contributed by atoms with Gasteiger partial charge < -0.3 is 4.74 Å². The summed E-state index contributed by atoms with van der Waals surface area (Å²) in [5, 5.41) is 0.394. The maximum Gasteiger partial charge on any atom is 0.323 e. The van der Waals surface area contributed by atoms with E-state index in [0.29, 0.717) is 17.1 Å². The van der Waals surface area contributed by atoms with Crippen LogP contribution >= 0.6 is 11.6 Å². The van der Waals surface area contributed by atoms with Crippen molar-refractivity contribution in [2.75, 3.05) is 13.7 Å². The number of rotatable bonds is 3. The van der Waals surface area contributed by atoms with Crippen LogP contribution in [-0.4, -0.2) is 30.6 Å². The Kier molecular flexibility index (Phi) is 4.19. The van der Waals surface area contributed by atoms with E-state index in [0.717, 1.165) is 19.4 Å². The third-order valence-electron chi connectivity index (χ3n) is 3.26. The maximum atomic E-state index is 13.7. The van der Waals surface area contributed by atoms with Crippen LogP contribution in [0.25, 0.3) is 0 Å². The summed E-state index contributed by atoms with van der Waals surface area (Å²) < 4.78 is 18.4. The zero-order chi connectivity index (χ0) is 13.1. The van der Waals surface area contributed by atoms with Crippen LogP contribution in [0.1, 0.15) is 18.4 Å². The minimum atomic E-state index is -0.335. The summed E-state index contributed by atoms with van der Waals surface area (Å²) in [6, 6.07) is 4.32. The van der Waals surface area contributed by atoms with Crippen LogP contribution in [0.15, 0.2) is 18.2 Å². The van der Waals surface area contributed by atoms with Crippen LogP contribution in [0, 0.1) is 5.82 Å². The minimum Gasteiger partial charge on any atom is -0.468 e. The fourth-order valence-corrected chi connectivity index (χ4v) is 2.53. The van der Waals surface area contributed by atoms with E-state index in [1.165, 1.54) is 13.2 Å². The van der Waals surface area contributed by atoms with E-state index >= 15 is 0 Å². The van der Waals surface area contributed by atoms with Gasteiger partial charge in [0.1, 0.15) is 11.9 Å². The lowest BCUT2D eigenvalue weighted by molar-refractivity contribution is -0.146. The molecule has 1 fully saturated rings. The largest absolute Gasteiger partial charge is 0.468 e. The van der Waals surface area contributed by atoms with E-state index in [1.807, 2.05) is 4.90 Å². The number of carbonyl (C=O) groups excluding carboxylic acids is 1. The van der Waals surface area contributed by atoms with Crippen molar-refractivity contribution >= 4 is 17.6 Å². The number of likely N-dealkylation sites (tertiary alicyclic amines) is 1. The first kappa shape index (κ1) is 13.3. The van der Waals surface area contributed by atoms with Crippen molar-refractivity contribution < 1.29 is 13.9 Å². The van der Waals surface area contributed by atoms with Gasteiger partial charge in [-0.15, -0.1) is 0 Å². The maximum absolute atomic E-state index is 13.7. The van der Waals surface area contributed by atoms with Gasteiger partial charge in [0, 0.05) is 17.1 Å². The first-order valence-electron chi connectivity index (χ1n) is 5.88. The lowest BCUT2D eigenvalue weighted by atomic mass is 10.1. The number of halogens is 2. The van der Waals surface area contributed by atoms with Gasteiger partial charge in [0.25, 0.3) is 0 Å². The van der Waals surface area contributed by atoms with E-state index < -0.39 is 0 Å². The molecule has 1 aliphatic rings. The third kappa shape index (κ3) is 2.65. The van der Waals surface area contributed by atoms with Gasteiger partial charge in [0.05, 0.1) is 7.11 Å². The second-order valence-electron chi connectivity index (χ2n) is 4.35. The molecule has 3 nitrogen and oxygen atoms in total. The van der Waals surface area contributed by atoms with E-state index in [9.17, 15) is 9.18 Å². The van der Waals surface area contributed by atoms with E-state index in [2.05, 4.69) is 0 Å². The molecule has 0 radical (unpaired) electrons. The molecule has 1 aliphatic heterocycles. The van der Waals surface area contributed by atoms with E-state index in [4.69, 9.17) is 16.3 Å². The van der Waals surface area contributed by atoms with Crippen LogP contribution in [0.3, 0.4) is 0 Å². The highest BCUT2D eigenvalue weighted by Crippen LogP contribution is 2.26. The van der Waals surface area contributed by atoms with Gasteiger partial charge in [-0.05, 0) is 31.5 Å². The molecule has 1 aromatic rings. The molecule has 0 N–H and O–H groups in total. The zero-order valence-corrected chi connectivity index (χ0v) is 10.9. The monoisotopic (exact) mass is 271 g/mol. The Labute approximate surface area is 110 Å². The number of hydrogen-bond acceptors (Lipinski definition) is 3. The summed E-state index contributed by atoms with van der Waals surface area (Å²) in [6.07, 6.45) is 1.66. The molecule has 0 bridgehead atoms. The quantitative estimate of drug-likeness (QED) is 0.792. The predicted octanol–water partition coefficient (Wildman–Crippen LogP) is 2.62. The molecule has 2 rings (SSSR count). The average Bonchev–Trinajstić information content (AvgIpc) is 2.81. The van der Waals surface area contributed by atoms with Crippen LogP contribution in [0.4, 0.5) is 4.39 Å². The number of nitrogens with zero attached hydrogens (tertiary/aromatic N) is 1. The summed E-state index contributed by atoms with van der Waals surface area (Å²) in [7, 11) is 1.37. The van der Waals surface area contributed by atoms with Crippen LogP contribution in [-0.2, 0) is 16.1 Å². The molecular formula is C13H15ClFNO2.